The third-order valence-electron chi connectivity index (χ3n) is 5.05. The van der Waals surface area contributed by atoms with Gasteiger partial charge in [-0.05, 0) is 55.2 Å². The van der Waals surface area contributed by atoms with Crippen molar-refractivity contribution in [2.45, 2.75) is 52.0 Å². The van der Waals surface area contributed by atoms with Gasteiger partial charge >= 0.3 is 5.97 Å². The van der Waals surface area contributed by atoms with Crippen LogP contribution in [0.5, 0.6) is 0 Å². The zero-order valence-electron chi connectivity index (χ0n) is 14.3. The number of hydrogen-bond donors (Lipinski definition) is 2. The van der Waals surface area contributed by atoms with Crippen LogP contribution in [0.1, 0.15) is 45.1 Å². The summed E-state index contributed by atoms with van der Waals surface area (Å²) in [5, 5.41) is 12.0. The lowest BCUT2D eigenvalue weighted by atomic mass is 9.76. The van der Waals surface area contributed by atoms with Crippen LogP contribution in [0.4, 0.5) is 4.39 Å². The molecule has 1 aromatic carbocycles. The molecule has 4 nitrogen and oxygen atoms in total. The van der Waals surface area contributed by atoms with Crippen molar-refractivity contribution >= 4 is 11.9 Å². The molecule has 2 N–H and O–H groups in total. The van der Waals surface area contributed by atoms with Crippen LogP contribution in [-0.4, -0.2) is 23.0 Å². The average Bonchev–Trinajstić information content (AvgIpc) is 2.56. The number of carbonyl (C=O) groups is 2. The van der Waals surface area contributed by atoms with E-state index in [0.717, 1.165) is 25.7 Å². The van der Waals surface area contributed by atoms with E-state index >= 15 is 0 Å². The summed E-state index contributed by atoms with van der Waals surface area (Å²) in [4.78, 5) is 23.8. The summed E-state index contributed by atoms with van der Waals surface area (Å²) < 4.78 is 12.9. The number of carboxylic acids is 1. The molecular formula is C19H26FNO3. The van der Waals surface area contributed by atoms with Gasteiger partial charge in [0.15, 0.2) is 0 Å². The van der Waals surface area contributed by atoms with Crippen LogP contribution in [0.25, 0.3) is 0 Å². The molecule has 24 heavy (non-hydrogen) atoms. The fourth-order valence-corrected chi connectivity index (χ4v) is 3.39. The van der Waals surface area contributed by atoms with E-state index in [1.807, 2.05) is 0 Å². The molecule has 1 unspecified atom stereocenters. The number of halogens is 1. The largest absolute Gasteiger partial charge is 0.480 e. The van der Waals surface area contributed by atoms with E-state index in [2.05, 4.69) is 19.2 Å². The van der Waals surface area contributed by atoms with Crippen molar-refractivity contribution < 1.29 is 19.1 Å². The lowest BCUT2D eigenvalue weighted by Crippen LogP contribution is -2.45. The summed E-state index contributed by atoms with van der Waals surface area (Å²) in [5.74, 6) is -0.426. The van der Waals surface area contributed by atoms with Crippen molar-refractivity contribution in [2.75, 3.05) is 0 Å². The molecule has 2 rings (SSSR count). The van der Waals surface area contributed by atoms with Crippen LogP contribution in [-0.2, 0) is 16.0 Å². The highest BCUT2D eigenvalue weighted by atomic mass is 19.1. The molecule has 0 radical (unpaired) electrons. The number of aliphatic carboxylic acids is 1. The van der Waals surface area contributed by atoms with Crippen molar-refractivity contribution in [1.82, 2.24) is 5.32 Å². The Hall–Kier alpha value is -1.91. The van der Waals surface area contributed by atoms with E-state index in [1.54, 1.807) is 12.1 Å². The lowest BCUT2D eigenvalue weighted by Gasteiger charge is -2.30. The van der Waals surface area contributed by atoms with Crippen LogP contribution in [0.3, 0.4) is 0 Å². The summed E-state index contributed by atoms with van der Waals surface area (Å²) in [6.45, 7) is 4.41. The van der Waals surface area contributed by atoms with Crippen molar-refractivity contribution in [3.63, 3.8) is 0 Å². The molecule has 1 amide bonds. The van der Waals surface area contributed by atoms with Crippen molar-refractivity contribution in [3.05, 3.63) is 35.6 Å². The first kappa shape index (κ1) is 18.4. The molecular weight excluding hydrogens is 309 g/mol. The first-order valence-corrected chi connectivity index (χ1v) is 8.64. The standard InChI is InChI=1S/C19H26FNO3/c1-12(2)14-5-7-15(8-6-14)18(22)21-17(19(23)24)11-13-3-9-16(20)10-4-13/h3-4,9-10,12,14-15,17H,5-8,11H2,1-2H3,(H,21,22)(H,23,24). The first-order valence-electron chi connectivity index (χ1n) is 8.64. The van der Waals surface area contributed by atoms with Gasteiger partial charge in [-0.1, -0.05) is 26.0 Å². The fraction of sp³-hybridized carbons (Fsp3) is 0.579. The SMILES string of the molecule is CC(C)C1CCC(C(=O)NC(Cc2ccc(F)cc2)C(=O)O)CC1. The van der Waals surface area contributed by atoms with Crippen molar-refractivity contribution in [2.24, 2.45) is 17.8 Å². The zero-order chi connectivity index (χ0) is 17.7. The Morgan fingerprint density at radius 1 is 1.17 bits per heavy atom. The number of carboxylic acid groups (broad SMARTS) is 1. The van der Waals surface area contributed by atoms with Crippen LogP contribution < -0.4 is 5.32 Å². The molecule has 1 saturated carbocycles. The molecule has 1 atom stereocenters. The van der Waals surface area contributed by atoms with E-state index in [-0.39, 0.29) is 24.1 Å². The molecule has 5 heteroatoms. The molecule has 0 saturated heterocycles. The maximum atomic E-state index is 12.9. The molecule has 1 aliphatic rings. The highest BCUT2D eigenvalue weighted by molar-refractivity contribution is 5.85. The van der Waals surface area contributed by atoms with Gasteiger partial charge in [-0.25, -0.2) is 9.18 Å². The first-order chi connectivity index (χ1) is 11.4. The number of rotatable bonds is 6. The van der Waals surface area contributed by atoms with Crippen LogP contribution >= 0.6 is 0 Å². The third kappa shape index (κ3) is 5.05. The molecule has 1 aliphatic carbocycles. The van der Waals surface area contributed by atoms with Gasteiger partial charge < -0.3 is 10.4 Å². The molecule has 0 heterocycles. The normalized spacial score (nSPS) is 22.2. The minimum atomic E-state index is -1.07. The second-order valence-electron chi connectivity index (χ2n) is 7.09. The average molecular weight is 335 g/mol. The molecule has 1 fully saturated rings. The minimum Gasteiger partial charge on any atom is -0.480 e. The van der Waals surface area contributed by atoms with Gasteiger partial charge in [-0.15, -0.1) is 0 Å². The molecule has 0 bridgehead atoms. The molecule has 0 aliphatic heterocycles. The summed E-state index contributed by atoms with van der Waals surface area (Å²) >= 11 is 0. The van der Waals surface area contributed by atoms with E-state index in [0.29, 0.717) is 17.4 Å². The molecule has 1 aromatic rings. The van der Waals surface area contributed by atoms with Gasteiger partial charge in [-0.3, -0.25) is 4.79 Å². The maximum Gasteiger partial charge on any atom is 0.326 e. The molecule has 132 valence electrons. The van der Waals surface area contributed by atoms with Crippen LogP contribution in [0.15, 0.2) is 24.3 Å². The quantitative estimate of drug-likeness (QED) is 0.837. The third-order valence-corrected chi connectivity index (χ3v) is 5.05. The fourth-order valence-electron chi connectivity index (χ4n) is 3.39. The van der Waals surface area contributed by atoms with E-state index in [4.69, 9.17) is 0 Å². The Kier molecular flexibility index (Phi) is 6.35. The predicted molar refractivity (Wildman–Crippen MR) is 90.0 cm³/mol. The Labute approximate surface area is 142 Å². The van der Waals surface area contributed by atoms with Gasteiger partial charge in [-0.2, -0.15) is 0 Å². The van der Waals surface area contributed by atoms with Gasteiger partial charge in [0.2, 0.25) is 5.91 Å². The number of carbonyl (C=O) groups excluding carboxylic acids is 1. The lowest BCUT2D eigenvalue weighted by molar-refractivity contribution is -0.142. The number of nitrogens with one attached hydrogen (secondary N) is 1. The number of benzene rings is 1. The summed E-state index contributed by atoms with van der Waals surface area (Å²) in [5.41, 5.74) is 0.688. The monoisotopic (exact) mass is 335 g/mol. The van der Waals surface area contributed by atoms with Gasteiger partial charge in [0.1, 0.15) is 11.9 Å². The van der Waals surface area contributed by atoms with Crippen molar-refractivity contribution in [1.29, 1.82) is 0 Å². The van der Waals surface area contributed by atoms with Gasteiger partial charge in [0, 0.05) is 12.3 Å². The Bertz CT molecular complexity index is 562. The zero-order valence-corrected chi connectivity index (χ0v) is 14.3. The number of hydrogen-bond acceptors (Lipinski definition) is 2. The highest BCUT2D eigenvalue weighted by Gasteiger charge is 2.30. The second kappa shape index (κ2) is 8.27. The van der Waals surface area contributed by atoms with E-state index in [9.17, 15) is 19.1 Å². The smallest absolute Gasteiger partial charge is 0.326 e. The second-order valence-corrected chi connectivity index (χ2v) is 7.09. The summed E-state index contributed by atoms with van der Waals surface area (Å²) in [7, 11) is 0. The van der Waals surface area contributed by atoms with Crippen LogP contribution in [0, 0.1) is 23.6 Å². The highest BCUT2D eigenvalue weighted by Crippen LogP contribution is 2.33. The topological polar surface area (TPSA) is 66.4 Å². The Morgan fingerprint density at radius 3 is 2.25 bits per heavy atom. The molecule has 0 aromatic heterocycles. The number of amides is 1. The Balaban J connectivity index is 1.92. The Morgan fingerprint density at radius 2 is 1.75 bits per heavy atom. The van der Waals surface area contributed by atoms with E-state index in [1.165, 1.54) is 12.1 Å². The van der Waals surface area contributed by atoms with Gasteiger partial charge in [0.25, 0.3) is 0 Å². The molecule has 0 spiro atoms. The van der Waals surface area contributed by atoms with Crippen molar-refractivity contribution in [3.8, 4) is 0 Å². The summed E-state index contributed by atoms with van der Waals surface area (Å²) in [6, 6.07) is 4.70. The van der Waals surface area contributed by atoms with Gasteiger partial charge in [0.05, 0.1) is 0 Å². The minimum absolute atomic E-state index is 0.102. The van der Waals surface area contributed by atoms with Crippen LogP contribution in [0.2, 0.25) is 0 Å². The maximum absolute atomic E-state index is 12.9. The summed E-state index contributed by atoms with van der Waals surface area (Å²) in [6.07, 6.45) is 3.83. The predicted octanol–water partition coefficient (Wildman–Crippen LogP) is 3.40. The van der Waals surface area contributed by atoms with E-state index < -0.39 is 12.0 Å².